The predicted octanol–water partition coefficient (Wildman–Crippen LogP) is 8.85. The molecule has 5 aromatic carbocycles. The van der Waals surface area contributed by atoms with Crippen LogP contribution in [0, 0.1) is 0 Å². The summed E-state index contributed by atoms with van der Waals surface area (Å²) in [7, 11) is 0. The lowest BCUT2D eigenvalue weighted by atomic mass is 10.0. The van der Waals surface area contributed by atoms with Gasteiger partial charge in [0.15, 0.2) is 5.82 Å². The maximum atomic E-state index is 5.04. The number of hydrogen-bond donors (Lipinski definition) is 0. The molecular weight excluding hydrogens is 462 g/mol. The zero-order valence-corrected chi connectivity index (χ0v) is 20.6. The zero-order chi connectivity index (χ0) is 25.3. The van der Waals surface area contributed by atoms with Crippen LogP contribution in [-0.2, 0) is 0 Å². The molecule has 0 saturated heterocycles. The molecule has 0 unspecified atom stereocenters. The van der Waals surface area contributed by atoms with Gasteiger partial charge in [-0.2, -0.15) is 0 Å². The molecule has 7 aromatic rings. The van der Waals surface area contributed by atoms with Crippen molar-refractivity contribution >= 4 is 21.5 Å². The molecule has 0 aliphatic rings. The predicted molar refractivity (Wildman–Crippen MR) is 157 cm³/mol. The van der Waals surface area contributed by atoms with Crippen molar-refractivity contribution in [2.75, 3.05) is 0 Å². The Hall–Kier alpha value is -5.15. The van der Waals surface area contributed by atoms with Crippen molar-refractivity contribution in [3.05, 3.63) is 140 Å². The summed E-state index contributed by atoms with van der Waals surface area (Å²) in [5, 5.41) is 4.81. The Morgan fingerprint density at radius 1 is 0.342 bits per heavy atom. The molecule has 0 aliphatic heterocycles. The average Bonchev–Trinajstić information content (AvgIpc) is 3.01. The van der Waals surface area contributed by atoms with Gasteiger partial charge in [0.2, 0.25) is 0 Å². The highest BCUT2D eigenvalue weighted by Crippen LogP contribution is 2.31. The lowest BCUT2D eigenvalue weighted by Gasteiger charge is -2.11. The number of aromatic nitrogens is 3. The minimum absolute atomic E-state index is 0.700. The quantitative estimate of drug-likeness (QED) is 0.250. The van der Waals surface area contributed by atoms with E-state index in [0.717, 1.165) is 39.3 Å². The molecule has 0 fully saturated rings. The van der Waals surface area contributed by atoms with Crippen molar-refractivity contribution in [2.24, 2.45) is 0 Å². The van der Waals surface area contributed by atoms with Crippen LogP contribution in [-0.4, -0.2) is 15.0 Å². The highest BCUT2D eigenvalue weighted by Gasteiger charge is 2.12. The van der Waals surface area contributed by atoms with E-state index in [1.54, 1.807) is 0 Å². The second-order valence-electron chi connectivity index (χ2n) is 9.38. The first-order chi connectivity index (χ1) is 18.8. The summed E-state index contributed by atoms with van der Waals surface area (Å²) in [6.07, 6.45) is 1.81. The number of fused-ring (bicyclic) bond motifs is 2. The van der Waals surface area contributed by atoms with E-state index in [2.05, 4.69) is 120 Å². The van der Waals surface area contributed by atoms with Crippen LogP contribution in [0.1, 0.15) is 0 Å². The highest BCUT2D eigenvalue weighted by atomic mass is 14.9. The average molecular weight is 486 g/mol. The van der Waals surface area contributed by atoms with Crippen LogP contribution in [0.4, 0.5) is 0 Å². The molecule has 7 rings (SSSR count). The summed E-state index contributed by atoms with van der Waals surface area (Å²) >= 11 is 0. The first-order valence-corrected chi connectivity index (χ1v) is 12.7. The maximum absolute atomic E-state index is 5.04. The molecule has 0 spiro atoms. The fourth-order valence-electron chi connectivity index (χ4n) is 4.89. The van der Waals surface area contributed by atoms with Crippen LogP contribution in [0.15, 0.2) is 140 Å². The van der Waals surface area contributed by atoms with Gasteiger partial charge in [0.25, 0.3) is 0 Å². The lowest BCUT2D eigenvalue weighted by molar-refractivity contribution is 1.18. The molecule has 0 N–H and O–H groups in total. The van der Waals surface area contributed by atoms with Crippen LogP contribution < -0.4 is 0 Å². The molecular formula is C35H23N3. The van der Waals surface area contributed by atoms with Gasteiger partial charge in [-0.1, -0.05) is 103 Å². The van der Waals surface area contributed by atoms with Gasteiger partial charge >= 0.3 is 0 Å². The van der Waals surface area contributed by atoms with Gasteiger partial charge in [-0.3, -0.25) is 4.98 Å². The molecule has 0 saturated carbocycles. The van der Waals surface area contributed by atoms with Gasteiger partial charge in [0.1, 0.15) is 0 Å². The van der Waals surface area contributed by atoms with Crippen molar-refractivity contribution in [3.63, 3.8) is 0 Å². The molecule has 0 atom stereocenters. The number of pyridine rings is 1. The van der Waals surface area contributed by atoms with Crippen molar-refractivity contribution in [2.45, 2.75) is 0 Å². The van der Waals surface area contributed by atoms with Crippen LogP contribution in [0.2, 0.25) is 0 Å². The molecule has 0 bridgehead atoms. The Labute approximate surface area is 221 Å². The molecule has 0 aliphatic carbocycles. The normalized spacial score (nSPS) is 11.2. The van der Waals surface area contributed by atoms with Gasteiger partial charge in [-0.25, -0.2) is 9.97 Å². The van der Waals surface area contributed by atoms with Crippen LogP contribution in [0.25, 0.3) is 66.7 Å². The van der Waals surface area contributed by atoms with E-state index >= 15 is 0 Å². The van der Waals surface area contributed by atoms with Gasteiger partial charge in [0.05, 0.1) is 17.1 Å². The van der Waals surface area contributed by atoms with Crippen LogP contribution in [0.3, 0.4) is 0 Å². The third kappa shape index (κ3) is 4.21. The smallest absolute Gasteiger partial charge is 0.160 e. The summed E-state index contributed by atoms with van der Waals surface area (Å²) in [5.41, 5.74) is 6.92. The molecule has 0 amide bonds. The molecule has 178 valence electrons. The summed E-state index contributed by atoms with van der Waals surface area (Å²) in [6, 6.07) is 46.2. The second-order valence-corrected chi connectivity index (χ2v) is 9.38. The lowest BCUT2D eigenvalue weighted by Crippen LogP contribution is -1.96. The molecule has 0 radical (unpaired) electrons. The first kappa shape index (κ1) is 22.1. The van der Waals surface area contributed by atoms with Crippen molar-refractivity contribution < 1.29 is 0 Å². The summed E-state index contributed by atoms with van der Waals surface area (Å²) < 4.78 is 0. The minimum atomic E-state index is 0.700. The third-order valence-electron chi connectivity index (χ3n) is 6.92. The maximum Gasteiger partial charge on any atom is 0.160 e. The summed E-state index contributed by atoms with van der Waals surface area (Å²) in [5.74, 6) is 0.700. The number of benzene rings is 5. The van der Waals surface area contributed by atoms with Gasteiger partial charge in [-0.15, -0.1) is 0 Å². The minimum Gasteiger partial charge on any atom is -0.256 e. The molecule has 2 aromatic heterocycles. The first-order valence-electron chi connectivity index (χ1n) is 12.7. The van der Waals surface area contributed by atoms with E-state index in [4.69, 9.17) is 9.97 Å². The second kappa shape index (κ2) is 9.38. The Balaban J connectivity index is 1.38. The standard InChI is InChI=1S/C35H23N3/c1-3-9-28-21-30(18-12-24(28)7-1)33-23-34(31-19-13-25-8-2-4-10-29(25)22-31)38-35(37-33)27-16-14-26(15-17-27)32-11-5-6-20-36-32/h1-23H. The Morgan fingerprint density at radius 3 is 1.39 bits per heavy atom. The number of rotatable bonds is 4. The van der Waals surface area contributed by atoms with E-state index in [0.29, 0.717) is 5.82 Å². The third-order valence-corrected chi connectivity index (χ3v) is 6.92. The van der Waals surface area contributed by atoms with Gasteiger partial charge in [-0.05, 0) is 51.9 Å². The molecule has 3 nitrogen and oxygen atoms in total. The Morgan fingerprint density at radius 2 is 0.842 bits per heavy atom. The summed E-state index contributed by atoms with van der Waals surface area (Å²) in [4.78, 5) is 14.6. The summed E-state index contributed by atoms with van der Waals surface area (Å²) in [6.45, 7) is 0. The topological polar surface area (TPSA) is 38.7 Å². The van der Waals surface area contributed by atoms with Crippen molar-refractivity contribution in [1.29, 1.82) is 0 Å². The Bertz CT molecular complexity index is 1810. The van der Waals surface area contributed by atoms with Crippen LogP contribution >= 0.6 is 0 Å². The largest absolute Gasteiger partial charge is 0.256 e. The molecule has 2 heterocycles. The van der Waals surface area contributed by atoms with E-state index < -0.39 is 0 Å². The van der Waals surface area contributed by atoms with E-state index in [1.807, 2.05) is 24.4 Å². The fraction of sp³-hybridized carbons (Fsp3) is 0. The van der Waals surface area contributed by atoms with Gasteiger partial charge in [0, 0.05) is 28.5 Å². The van der Waals surface area contributed by atoms with E-state index in [-0.39, 0.29) is 0 Å². The van der Waals surface area contributed by atoms with Crippen molar-refractivity contribution in [3.8, 4) is 45.2 Å². The van der Waals surface area contributed by atoms with E-state index in [9.17, 15) is 0 Å². The zero-order valence-electron chi connectivity index (χ0n) is 20.6. The Kier molecular flexibility index (Phi) is 5.45. The molecule has 3 heteroatoms. The van der Waals surface area contributed by atoms with Crippen LogP contribution in [0.5, 0.6) is 0 Å². The van der Waals surface area contributed by atoms with Crippen molar-refractivity contribution in [1.82, 2.24) is 15.0 Å². The molecule has 38 heavy (non-hydrogen) atoms. The monoisotopic (exact) mass is 485 g/mol. The van der Waals surface area contributed by atoms with E-state index in [1.165, 1.54) is 21.5 Å². The SMILES string of the molecule is c1ccc(-c2ccc(-c3nc(-c4ccc5ccccc5c4)cc(-c4ccc5ccccc5c4)n3)cc2)nc1. The van der Waals surface area contributed by atoms with Gasteiger partial charge < -0.3 is 0 Å². The number of hydrogen-bond acceptors (Lipinski definition) is 3. The number of nitrogens with zero attached hydrogens (tertiary/aromatic N) is 3. The fourth-order valence-corrected chi connectivity index (χ4v) is 4.89. The highest BCUT2D eigenvalue weighted by molar-refractivity contribution is 5.89.